The molecule has 114 valence electrons. The molecule has 0 radical (unpaired) electrons. The molecule has 1 aromatic rings. The largest absolute Gasteiger partial charge is 0.328 e. The summed E-state index contributed by atoms with van der Waals surface area (Å²) in [7, 11) is -3.63. The van der Waals surface area contributed by atoms with Crippen molar-refractivity contribution in [3.05, 3.63) is 30.1 Å². The van der Waals surface area contributed by atoms with Crippen LogP contribution in [0.2, 0.25) is 0 Å². The highest BCUT2D eigenvalue weighted by Gasteiger charge is 2.22. The monoisotopic (exact) mass is 322 g/mol. The lowest BCUT2D eigenvalue weighted by Crippen LogP contribution is -2.35. The highest BCUT2D eigenvalue weighted by molar-refractivity contribution is 7.89. The summed E-state index contributed by atoms with van der Waals surface area (Å²) < 4.78 is 39.6. The Morgan fingerprint density at radius 2 is 2.10 bits per heavy atom. The second kappa shape index (κ2) is 7.36. The van der Waals surface area contributed by atoms with E-state index in [-0.39, 0.29) is 29.3 Å². The van der Waals surface area contributed by atoms with Gasteiger partial charge in [-0.1, -0.05) is 12.5 Å². The minimum absolute atomic E-state index is 0. The Labute approximate surface area is 125 Å². The van der Waals surface area contributed by atoms with Gasteiger partial charge in [-0.15, -0.1) is 12.4 Å². The third-order valence-corrected chi connectivity index (χ3v) is 4.91. The molecule has 0 bridgehead atoms. The van der Waals surface area contributed by atoms with Gasteiger partial charge in [-0.25, -0.2) is 17.5 Å². The van der Waals surface area contributed by atoms with E-state index in [2.05, 4.69) is 4.72 Å². The molecule has 0 saturated heterocycles. The van der Waals surface area contributed by atoms with Crippen LogP contribution >= 0.6 is 12.4 Å². The molecular weight excluding hydrogens is 303 g/mol. The average molecular weight is 323 g/mol. The van der Waals surface area contributed by atoms with Gasteiger partial charge in [0.1, 0.15) is 5.82 Å². The van der Waals surface area contributed by atoms with Crippen LogP contribution in [-0.2, 0) is 10.0 Å². The number of rotatable bonds is 4. The Morgan fingerprint density at radius 3 is 2.75 bits per heavy atom. The molecule has 4 nitrogen and oxygen atoms in total. The van der Waals surface area contributed by atoms with Gasteiger partial charge >= 0.3 is 0 Å². The van der Waals surface area contributed by atoms with Crippen LogP contribution in [-0.4, -0.2) is 21.0 Å². The molecule has 1 aromatic carbocycles. The van der Waals surface area contributed by atoms with Crippen LogP contribution in [0.25, 0.3) is 0 Å². The van der Waals surface area contributed by atoms with Crippen LogP contribution in [0.3, 0.4) is 0 Å². The number of nitrogens with two attached hydrogens (primary N) is 1. The van der Waals surface area contributed by atoms with Gasteiger partial charge in [0.25, 0.3) is 0 Å². The van der Waals surface area contributed by atoms with Crippen molar-refractivity contribution in [1.82, 2.24) is 4.72 Å². The molecule has 0 aliphatic heterocycles. The molecule has 20 heavy (non-hydrogen) atoms. The predicted molar refractivity (Wildman–Crippen MR) is 78.8 cm³/mol. The minimum atomic E-state index is -3.63. The number of sulfonamides is 1. The molecule has 3 N–H and O–H groups in total. The Hall–Kier alpha value is -0.690. The normalized spacial score (nSPS) is 23.1. The fourth-order valence-electron chi connectivity index (χ4n) is 2.46. The quantitative estimate of drug-likeness (QED) is 0.891. The second-order valence-electron chi connectivity index (χ2n) is 5.10. The van der Waals surface area contributed by atoms with Crippen LogP contribution in [0.1, 0.15) is 25.7 Å². The van der Waals surface area contributed by atoms with Crippen LogP contribution in [0, 0.1) is 11.7 Å². The van der Waals surface area contributed by atoms with Gasteiger partial charge in [-0.05, 0) is 43.4 Å². The lowest BCUT2D eigenvalue weighted by molar-refractivity contribution is 0.322. The van der Waals surface area contributed by atoms with Gasteiger partial charge in [-0.2, -0.15) is 0 Å². The van der Waals surface area contributed by atoms with Crippen molar-refractivity contribution in [3.63, 3.8) is 0 Å². The molecule has 1 aliphatic rings. The van der Waals surface area contributed by atoms with Crippen molar-refractivity contribution in [2.24, 2.45) is 11.7 Å². The molecule has 0 heterocycles. The Morgan fingerprint density at radius 1 is 1.35 bits per heavy atom. The van der Waals surface area contributed by atoms with Crippen LogP contribution < -0.4 is 10.5 Å². The molecule has 1 saturated carbocycles. The molecule has 2 unspecified atom stereocenters. The second-order valence-corrected chi connectivity index (χ2v) is 6.87. The minimum Gasteiger partial charge on any atom is -0.328 e. The number of halogens is 2. The molecule has 0 amide bonds. The van der Waals surface area contributed by atoms with Crippen molar-refractivity contribution in [1.29, 1.82) is 0 Å². The van der Waals surface area contributed by atoms with E-state index in [1.54, 1.807) is 0 Å². The van der Waals surface area contributed by atoms with Crippen LogP contribution in [0.4, 0.5) is 4.39 Å². The number of hydrogen-bond donors (Lipinski definition) is 2. The number of benzene rings is 1. The lowest BCUT2D eigenvalue weighted by Gasteiger charge is -2.26. The van der Waals surface area contributed by atoms with Crippen molar-refractivity contribution in [2.45, 2.75) is 36.6 Å². The maximum Gasteiger partial charge on any atom is 0.240 e. The Balaban J connectivity index is 0.00000200. The standard InChI is InChI=1S/C13H19FN2O2S.ClH/c14-11-4-2-6-13(8-11)19(17,18)16-9-10-3-1-5-12(15)7-10;/h2,4,6,8,10,12,16H,1,3,5,7,9,15H2;1H. The van der Waals surface area contributed by atoms with Gasteiger partial charge < -0.3 is 5.73 Å². The summed E-state index contributed by atoms with van der Waals surface area (Å²) >= 11 is 0. The van der Waals surface area contributed by atoms with E-state index in [9.17, 15) is 12.8 Å². The van der Waals surface area contributed by atoms with E-state index in [1.807, 2.05) is 0 Å². The highest BCUT2D eigenvalue weighted by Crippen LogP contribution is 2.23. The molecule has 2 atom stereocenters. The lowest BCUT2D eigenvalue weighted by atomic mass is 9.86. The maximum absolute atomic E-state index is 13.0. The zero-order chi connectivity index (χ0) is 13.9. The zero-order valence-corrected chi connectivity index (χ0v) is 12.7. The molecule has 0 aromatic heterocycles. The third kappa shape index (κ3) is 4.70. The first kappa shape index (κ1) is 17.4. The first-order valence-electron chi connectivity index (χ1n) is 6.48. The average Bonchev–Trinajstić information content (AvgIpc) is 2.37. The van der Waals surface area contributed by atoms with Crippen molar-refractivity contribution < 1.29 is 12.8 Å². The third-order valence-electron chi connectivity index (χ3n) is 3.49. The fraction of sp³-hybridized carbons (Fsp3) is 0.538. The van der Waals surface area contributed by atoms with E-state index in [4.69, 9.17) is 5.73 Å². The summed E-state index contributed by atoms with van der Waals surface area (Å²) in [6, 6.07) is 5.18. The van der Waals surface area contributed by atoms with Crippen LogP contribution in [0.5, 0.6) is 0 Å². The summed E-state index contributed by atoms with van der Waals surface area (Å²) in [5.74, 6) is -0.283. The van der Waals surface area contributed by atoms with Crippen molar-refractivity contribution in [2.75, 3.05) is 6.54 Å². The fourth-order valence-corrected chi connectivity index (χ4v) is 3.61. The summed E-state index contributed by atoms with van der Waals surface area (Å²) in [5, 5.41) is 0. The predicted octanol–water partition coefficient (Wildman–Crippen LogP) is 2.04. The molecule has 2 rings (SSSR count). The van der Waals surface area contributed by atoms with Gasteiger partial charge in [0, 0.05) is 12.6 Å². The first-order valence-corrected chi connectivity index (χ1v) is 7.96. The summed E-state index contributed by atoms with van der Waals surface area (Å²) in [5.41, 5.74) is 5.87. The Kier molecular flexibility index (Phi) is 6.39. The highest BCUT2D eigenvalue weighted by atomic mass is 35.5. The maximum atomic E-state index is 13.0. The van der Waals surface area contributed by atoms with E-state index in [0.717, 1.165) is 31.7 Å². The molecule has 0 spiro atoms. The van der Waals surface area contributed by atoms with Gasteiger partial charge in [0.2, 0.25) is 10.0 Å². The summed E-state index contributed by atoms with van der Waals surface area (Å²) in [4.78, 5) is -0.0346. The SMILES string of the molecule is Cl.NC1CCCC(CNS(=O)(=O)c2cccc(F)c2)C1. The van der Waals surface area contributed by atoms with Gasteiger partial charge in [-0.3, -0.25) is 0 Å². The van der Waals surface area contributed by atoms with E-state index in [0.29, 0.717) is 6.54 Å². The Bertz CT molecular complexity index is 539. The molecule has 7 heteroatoms. The molecular formula is C13H20ClFN2O2S. The van der Waals surface area contributed by atoms with Gasteiger partial charge in [0.05, 0.1) is 4.90 Å². The smallest absolute Gasteiger partial charge is 0.240 e. The van der Waals surface area contributed by atoms with Crippen molar-refractivity contribution in [3.8, 4) is 0 Å². The summed E-state index contributed by atoms with van der Waals surface area (Å²) in [6.07, 6.45) is 3.87. The topological polar surface area (TPSA) is 72.2 Å². The molecule has 1 aliphatic carbocycles. The number of hydrogen-bond acceptors (Lipinski definition) is 3. The first-order chi connectivity index (χ1) is 8.97. The van der Waals surface area contributed by atoms with Gasteiger partial charge in [0.15, 0.2) is 0 Å². The van der Waals surface area contributed by atoms with Crippen LogP contribution in [0.15, 0.2) is 29.2 Å². The van der Waals surface area contributed by atoms with E-state index < -0.39 is 15.8 Å². The van der Waals surface area contributed by atoms with E-state index >= 15 is 0 Å². The summed E-state index contributed by atoms with van der Waals surface area (Å²) in [6.45, 7) is 0.368. The van der Waals surface area contributed by atoms with E-state index in [1.165, 1.54) is 18.2 Å². The number of nitrogens with one attached hydrogen (secondary N) is 1. The molecule has 1 fully saturated rings. The zero-order valence-electron chi connectivity index (χ0n) is 11.1. The van der Waals surface area contributed by atoms with Crippen molar-refractivity contribution >= 4 is 22.4 Å².